The third-order valence-electron chi connectivity index (χ3n) is 3.45. The van der Waals surface area contributed by atoms with Gasteiger partial charge in [-0.1, -0.05) is 11.8 Å². The van der Waals surface area contributed by atoms with E-state index >= 15 is 0 Å². The van der Waals surface area contributed by atoms with Crippen LogP contribution in [0.2, 0.25) is 0 Å². The summed E-state index contributed by atoms with van der Waals surface area (Å²) in [4.78, 5) is 18.4. The number of rotatable bonds is 3. The van der Waals surface area contributed by atoms with Crippen LogP contribution < -0.4 is 0 Å². The predicted octanol–water partition coefficient (Wildman–Crippen LogP) is 1.07. The van der Waals surface area contributed by atoms with Crippen molar-refractivity contribution in [3.05, 3.63) is 29.6 Å². The van der Waals surface area contributed by atoms with Crippen molar-refractivity contribution in [3.8, 4) is 11.8 Å². The molecule has 0 aliphatic carbocycles. The van der Waals surface area contributed by atoms with Gasteiger partial charge in [0.05, 0.1) is 18.3 Å². The van der Waals surface area contributed by atoms with Crippen LogP contribution in [-0.4, -0.2) is 53.8 Å². The van der Waals surface area contributed by atoms with E-state index in [1.54, 1.807) is 30.5 Å². The molecule has 2 rings (SSSR count). The Morgan fingerprint density at radius 2 is 2.43 bits per heavy atom. The van der Waals surface area contributed by atoms with Crippen LogP contribution >= 0.6 is 0 Å². The summed E-state index contributed by atoms with van der Waals surface area (Å²) in [6, 6.07) is 1.75. The van der Waals surface area contributed by atoms with Crippen molar-refractivity contribution in [1.82, 2.24) is 9.88 Å². The number of methoxy groups -OCH3 is 1. The second-order valence-corrected chi connectivity index (χ2v) is 4.99. The minimum absolute atomic E-state index is 0.0324. The van der Waals surface area contributed by atoms with Gasteiger partial charge in [0.2, 0.25) is 0 Å². The summed E-state index contributed by atoms with van der Waals surface area (Å²) in [5, 5.41) is 8.71. The van der Waals surface area contributed by atoms with E-state index in [2.05, 4.69) is 16.8 Å². The number of nitrogens with zero attached hydrogens (tertiary/aromatic N) is 2. The Labute approximate surface area is 124 Å². The van der Waals surface area contributed by atoms with Gasteiger partial charge in [0.15, 0.2) is 0 Å². The topological polar surface area (TPSA) is 62.7 Å². The van der Waals surface area contributed by atoms with Crippen molar-refractivity contribution in [2.24, 2.45) is 0 Å². The Hall–Kier alpha value is -1.90. The first-order valence-electron chi connectivity index (χ1n) is 7.11. The lowest BCUT2D eigenvalue weighted by Gasteiger charge is -2.31. The first-order valence-corrected chi connectivity index (χ1v) is 7.11. The molecule has 1 amide bonds. The van der Waals surface area contributed by atoms with E-state index in [1.165, 1.54) is 0 Å². The molecule has 2 heterocycles. The molecule has 21 heavy (non-hydrogen) atoms. The summed E-state index contributed by atoms with van der Waals surface area (Å²) in [6.45, 7) is 1.40. The predicted molar refractivity (Wildman–Crippen MR) is 78.8 cm³/mol. The van der Waals surface area contributed by atoms with Gasteiger partial charge in [-0.3, -0.25) is 9.78 Å². The maximum Gasteiger partial charge on any atom is 0.255 e. The maximum atomic E-state index is 12.5. The van der Waals surface area contributed by atoms with E-state index in [0.29, 0.717) is 24.1 Å². The summed E-state index contributed by atoms with van der Waals surface area (Å²) in [7, 11) is 1.68. The molecular formula is C16H20N2O3. The number of aliphatic hydroxyl groups is 1. The largest absolute Gasteiger partial charge is 0.395 e. The van der Waals surface area contributed by atoms with E-state index in [1.807, 2.05) is 0 Å². The van der Waals surface area contributed by atoms with Gasteiger partial charge in [-0.15, -0.1) is 0 Å². The molecule has 1 unspecified atom stereocenters. The van der Waals surface area contributed by atoms with Crippen LogP contribution in [0.25, 0.3) is 0 Å². The summed E-state index contributed by atoms with van der Waals surface area (Å²) in [5.74, 6) is 5.69. The van der Waals surface area contributed by atoms with Crippen molar-refractivity contribution >= 4 is 5.91 Å². The van der Waals surface area contributed by atoms with Crippen LogP contribution in [0, 0.1) is 11.8 Å². The molecule has 1 saturated heterocycles. The molecule has 1 N–H and O–H groups in total. The van der Waals surface area contributed by atoms with E-state index < -0.39 is 0 Å². The van der Waals surface area contributed by atoms with Crippen LogP contribution in [-0.2, 0) is 4.74 Å². The Bertz CT molecular complexity index is 548. The second-order valence-electron chi connectivity index (χ2n) is 4.99. The summed E-state index contributed by atoms with van der Waals surface area (Å²) < 4.78 is 5.34. The third-order valence-corrected chi connectivity index (χ3v) is 3.45. The van der Waals surface area contributed by atoms with E-state index in [9.17, 15) is 4.79 Å². The fraction of sp³-hybridized carbons (Fsp3) is 0.500. The Morgan fingerprint density at radius 1 is 1.57 bits per heavy atom. The van der Waals surface area contributed by atoms with Crippen molar-refractivity contribution < 1.29 is 14.6 Å². The number of likely N-dealkylation sites (tertiary alicyclic amines) is 1. The van der Waals surface area contributed by atoms with Crippen LogP contribution in [0.1, 0.15) is 35.2 Å². The quantitative estimate of drug-likeness (QED) is 0.845. The Balaban J connectivity index is 2.09. The molecule has 112 valence electrons. The highest BCUT2D eigenvalue weighted by atomic mass is 16.5. The zero-order valence-electron chi connectivity index (χ0n) is 12.2. The van der Waals surface area contributed by atoms with Gasteiger partial charge in [-0.05, 0) is 18.9 Å². The number of hydrogen-bond donors (Lipinski definition) is 1. The zero-order valence-corrected chi connectivity index (χ0v) is 12.2. The number of ether oxygens (including phenoxy) is 1. The monoisotopic (exact) mass is 288 g/mol. The molecule has 5 nitrogen and oxygen atoms in total. The van der Waals surface area contributed by atoms with Crippen molar-refractivity contribution in [2.75, 3.05) is 26.8 Å². The van der Waals surface area contributed by atoms with Crippen molar-refractivity contribution in [3.63, 3.8) is 0 Å². The number of hydrogen-bond acceptors (Lipinski definition) is 4. The third kappa shape index (κ3) is 4.28. The molecule has 0 spiro atoms. The van der Waals surface area contributed by atoms with Crippen LogP contribution in [0.5, 0.6) is 0 Å². The fourth-order valence-electron chi connectivity index (χ4n) is 2.34. The van der Waals surface area contributed by atoms with Crippen molar-refractivity contribution in [1.29, 1.82) is 0 Å². The number of pyridine rings is 1. The summed E-state index contributed by atoms with van der Waals surface area (Å²) in [5.41, 5.74) is 1.23. The molecule has 5 heteroatoms. The van der Waals surface area contributed by atoms with Gasteiger partial charge in [0.1, 0.15) is 0 Å². The number of aromatic nitrogens is 1. The lowest BCUT2D eigenvalue weighted by Crippen LogP contribution is -2.42. The van der Waals surface area contributed by atoms with Crippen LogP contribution in [0.15, 0.2) is 18.5 Å². The molecular weight excluding hydrogens is 268 g/mol. The first-order chi connectivity index (χ1) is 10.2. The smallest absolute Gasteiger partial charge is 0.255 e. The average Bonchev–Trinajstić information content (AvgIpc) is 2.55. The molecule has 0 aromatic carbocycles. The number of amides is 1. The molecule has 1 atom stereocenters. The molecule has 1 aliphatic heterocycles. The van der Waals surface area contributed by atoms with Crippen LogP contribution in [0.4, 0.5) is 0 Å². The van der Waals surface area contributed by atoms with Gasteiger partial charge < -0.3 is 14.7 Å². The highest BCUT2D eigenvalue weighted by Gasteiger charge is 2.24. The molecule has 1 fully saturated rings. The highest BCUT2D eigenvalue weighted by molar-refractivity contribution is 5.94. The Morgan fingerprint density at radius 3 is 3.19 bits per heavy atom. The fourth-order valence-corrected chi connectivity index (χ4v) is 2.34. The van der Waals surface area contributed by atoms with Gasteiger partial charge in [0.25, 0.3) is 5.91 Å². The van der Waals surface area contributed by atoms with Crippen molar-refractivity contribution in [2.45, 2.75) is 25.4 Å². The second kappa shape index (κ2) is 7.77. The van der Waals surface area contributed by atoms with E-state index in [0.717, 1.165) is 19.4 Å². The minimum atomic E-state index is -0.0324. The first kappa shape index (κ1) is 15.5. The standard InChI is InChI=1S/C16H20N2O3/c1-21-15-6-4-7-18(12-15)16(20)14-9-13(10-17-11-14)5-2-3-8-19/h9-11,15,19H,3-4,6-8,12H2,1H3. The minimum Gasteiger partial charge on any atom is -0.395 e. The van der Waals surface area contributed by atoms with Gasteiger partial charge in [0, 0.05) is 44.6 Å². The highest BCUT2D eigenvalue weighted by Crippen LogP contribution is 2.15. The number of carbonyl (C=O) groups is 1. The van der Waals surface area contributed by atoms with Gasteiger partial charge >= 0.3 is 0 Å². The molecule has 0 saturated carbocycles. The van der Waals surface area contributed by atoms with E-state index in [-0.39, 0.29) is 18.6 Å². The average molecular weight is 288 g/mol. The molecule has 0 radical (unpaired) electrons. The number of aliphatic hydroxyl groups excluding tert-OH is 1. The zero-order chi connectivity index (χ0) is 15.1. The number of piperidine rings is 1. The summed E-state index contributed by atoms with van der Waals surface area (Å²) >= 11 is 0. The molecule has 0 bridgehead atoms. The summed E-state index contributed by atoms with van der Waals surface area (Å²) in [6.07, 6.45) is 5.66. The molecule has 1 aliphatic rings. The lowest BCUT2D eigenvalue weighted by atomic mass is 10.1. The normalized spacial score (nSPS) is 18.0. The van der Waals surface area contributed by atoms with Gasteiger partial charge in [-0.2, -0.15) is 0 Å². The lowest BCUT2D eigenvalue weighted by molar-refractivity contribution is 0.0268. The SMILES string of the molecule is COC1CCCN(C(=O)c2cncc(C#CCCO)c2)C1. The van der Waals surface area contributed by atoms with Gasteiger partial charge in [-0.25, -0.2) is 0 Å². The molecule has 1 aromatic heterocycles. The molecule has 1 aromatic rings. The van der Waals surface area contributed by atoms with Crippen LogP contribution in [0.3, 0.4) is 0 Å². The Kier molecular flexibility index (Phi) is 5.73. The number of carbonyl (C=O) groups excluding carboxylic acids is 1. The van der Waals surface area contributed by atoms with E-state index in [4.69, 9.17) is 9.84 Å². The maximum absolute atomic E-state index is 12.5.